The van der Waals surface area contributed by atoms with Crippen molar-refractivity contribution in [3.05, 3.63) is 34.3 Å². The second kappa shape index (κ2) is 9.54. The van der Waals surface area contributed by atoms with E-state index in [2.05, 4.69) is 59.4 Å². The van der Waals surface area contributed by atoms with E-state index in [1.807, 2.05) is 0 Å². The first-order valence-corrected chi connectivity index (χ1v) is 7.59. The molecule has 0 saturated carbocycles. The van der Waals surface area contributed by atoms with Crippen LogP contribution in [0, 0.1) is 5.92 Å². The number of ether oxygens (including phenoxy) is 1. The van der Waals surface area contributed by atoms with Crippen molar-refractivity contribution in [3.8, 4) is 0 Å². The average molecular weight is 314 g/mol. The van der Waals surface area contributed by atoms with Crippen LogP contribution < -0.4 is 5.32 Å². The SMILES string of the molecule is CCCNCC(COCC)Cc1ccccc1Br. The van der Waals surface area contributed by atoms with Crippen LogP contribution >= 0.6 is 15.9 Å². The minimum Gasteiger partial charge on any atom is -0.381 e. The molecule has 1 rings (SSSR count). The van der Waals surface area contributed by atoms with Crippen molar-refractivity contribution in [1.82, 2.24) is 5.32 Å². The summed E-state index contributed by atoms with van der Waals surface area (Å²) in [5, 5.41) is 3.49. The first-order valence-electron chi connectivity index (χ1n) is 6.79. The summed E-state index contributed by atoms with van der Waals surface area (Å²) in [4.78, 5) is 0. The molecule has 0 aliphatic rings. The van der Waals surface area contributed by atoms with Gasteiger partial charge < -0.3 is 10.1 Å². The van der Waals surface area contributed by atoms with Crippen molar-refractivity contribution in [1.29, 1.82) is 0 Å². The molecule has 18 heavy (non-hydrogen) atoms. The molecule has 102 valence electrons. The maximum absolute atomic E-state index is 5.58. The van der Waals surface area contributed by atoms with Gasteiger partial charge in [0.15, 0.2) is 0 Å². The highest BCUT2D eigenvalue weighted by Crippen LogP contribution is 2.19. The Hall–Kier alpha value is -0.380. The molecule has 0 amide bonds. The van der Waals surface area contributed by atoms with Crippen LogP contribution in [0.5, 0.6) is 0 Å². The van der Waals surface area contributed by atoms with E-state index in [0.29, 0.717) is 5.92 Å². The standard InChI is InChI=1S/C15H24BrNO/c1-3-9-17-11-13(12-18-4-2)10-14-7-5-6-8-15(14)16/h5-8,13,17H,3-4,9-12H2,1-2H3. The molecule has 0 aliphatic carbocycles. The molecule has 1 aromatic rings. The van der Waals surface area contributed by atoms with Gasteiger partial charge in [-0.2, -0.15) is 0 Å². The monoisotopic (exact) mass is 313 g/mol. The van der Waals surface area contributed by atoms with Gasteiger partial charge in [-0.3, -0.25) is 0 Å². The molecule has 1 N–H and O–H groups in total. The van der Waals surface area contributed by atoms with Gasteiger partial charge in [-0.15, -0.1) is 0 Å². The highest BCUT2D eigenvalue weighted by atomic mass is 79.9. The van der Waals surface area contributed by atoms with Crippen molar-refractivity contribution in [2.45, 2.75) is 26.7 Å². The van der Waals surface area contributed by atoms with Crippen LogP contribution in [-0.4, -0.2) is 26.3 Å². The van der Waals surface area contributed by atoms with Gasteiger partial charge in [-0.25, -0.2) is 0 Å². The molecule has 0 heterocycles. The van der Waals surface area contributed by atoms with Crippen LogP contribution in [0.25, 0.3) is 0 Å². The summed E-state index contributed by atoms with van der Waals surface area (Å²) in [7, 11) is 0. The van der Waals surface area contributed by atoms with Gasteiger partial charge >= 0.3 is 0 Å². The van der Waals surface area contributed by atoms with Crippen molar-refractivity contribution in [2.75, 3.05) is 26.3 Å². The first-order chi connectivity index (χ1) is 8.77. The minimum absolute atomic E-state index is 0.537. The lowest BCUT2D eigenvalue weighted by Crippen LogP contribution is -2.28. The molecule has 1 aromatic carbocycles. The fourth-order valence-electron chi connectivity index (χ4n) is 1.93. The Labute approximate surface area is 119 Å². The predicted octanol–water partition coefficient (Wildman–Crippen LogP) is 3.64. The molecule has 1 unspecified atom stereocenters. The fraction of sp³-hybridized carbons (Fsp3) is 0.600. The maximum atomic E-state index is 5.58. The number of benzene rings is 1. The molecule has 0 aliphatic heterocycles. The molecule has 1 atom stereocenters. The van der Waals surface area contributed by atoms with Gasteiger partial charge in [0.25, 0.3) is 0 Å². The fourth-order valence-corrected chi connectivity index (χ4v) is 2.38. The highest BCUT2D eigenvalue weighted by Gasteiger charge is 2.11. The molecule has 3 heteroatoms. The summed E-state index contributed by atoms with van der Waals surface area (Å²) in [5.41, 5.74) is 1.36. The smallest absolute Gasteiger partial charge is 0.0509 e. The molecule has 0 fully saturated rings. The van der Waals surface area contributed by atoms with E-state index in [0.717, 1.165) is 32.7 Å². The topological polar surface area (TPSA) is 21.3 Å². The molecular formula is C15H24BrNO. The van der Waals surface area contributed by atoms with Gasteiger partial charge in [0, 0.05) is 17.6 Å². The lowest BCUT2D eigenvalue weighted by Gasteiger charge is -2.18. The van der Waals surface area contributed by atoms with E-state index in [1.165, 1.54) is 16.5 Å². The Morgan fingerprint density at radius 3 is 2.72 bits per heavy atom. The number of hydrogen-bond acceptors (Lipinski definition) is 2. The van der Waals surface area contributed by atoms with E-state index >= 15 is 0 Å². The third-order valence-electron chi connectivity index (χ3n) is 2.88. The lowest BCUT2D eigenvalue weighted by molar-refractivity contribution is 0.109. The second-order valence-corrected chi connectivity index (χ2v) is 5.38. The minimum atomic E-state index is 0.537. The number of rotatable bonds is 9. The summed E-state index contributed by atoms with van der Waals surface area (Å²) in [6.07, 6.45) is 2.23. The largest absolute Gasteiger partial charge is 0.381 e. The molecule has 0 spiro atoms. The zero-order valence-electron chi connectivity index (χ0n) is 11.4. The van der Waals surface area contributed by atoms with Crippen LogP contribution in [0.15, 0.2) is 28.7 Å². The van der Waals surface area contributed by atoms with Gasteiger partial charge in [0.2, 0.25) is 0 Å². The van der Waals surface area contributed by atoms with Crippen LogP contribution in [0.2, 0.25) is 0 Å². The highest BCUT2D eigenvalue weighted by molar-refractivity contribution is 9.10. The number of hydrogen-bond donors (Lipinski definition) is 1. The zero-order chi connectivity index (χ0) is 13.2. The van der Waals surface area contributed by atoms with Gasteiger partial charge in [0.1, 0.15) is 0 Å². The summed E-state index contributed by atoms with van der Waals surface area (Å²) in [6.45, 7) is 7.97. The van der Waals surface area contributed by atoms with E-state index in [9.17, 15) is 0 Å². The van der Waals surface area contributed by atoms with Crippen LogP contribution in [0.3, 0.4) is 0 Å². The number of nitrogens with one attached hydrogen (secondary N) is 1. The summed E-state index contributed by atoms with van der Waals surface area (Å²) in [6, 6.07) is 8.44. The van der Waals surface area contributed by atoms with E-state index in [4.69, 9.17) is 4.74 Å². The van der Waals surface area contributed by atoms with E-state index < -0.39 is 0 Å². The van der Waals surface area contributed by atoms with Gasteiger partial charge in [-0.05, 0) is 43.9 Å². The van der Waals surface area contributed by atoms with Crippen molar-refractivity contribution < 1.29 is 4.74 Å². The molecular weight excluding hydrogens is 290 g/mol. The summed E-state index contributed by atoms with van der Waals surface area (Å²) >= 11 is 3.61. The van der Waals surface area contributed by atoms with Crippen LogP contribution in [0.1, 0.15) is 25.8 Å². The lowest BCUT2D eigenvalue weighted by atomic mass is 10.00. The van der Waals surface area contributed by atoms with Gasteiger partial charge in [-0.1, -0.05) is 41.1 Å². The maximum Gasteiger partial charge on any atom is 0.0509 e. The average Bonchev–Trinajstić information content (AvgIpc) is 2.38. The van der Waals surface area contributed by atoms with E-state index in [1.54, 1.807) is 0 Å². The molecule has 0 aromatic heterocycles. The predicted molar refractivity (Wildman–Crippen MR) is 81.0 cm³/mol. The van der Waals surface area contributed by atoms with E-state index in [-0.39, 0.29) is 0 Å². The Morgan fingerprint density at radius 1 is 1.28 bits per heavy atom. The van der Waals surface area contributed by atoms with Gasteiger partial charge in [0.05, 0.1) is 6.61 Å². The van der Waals surface area contributed by atoms with Crippen LogP contribution in [0.4, 0.5) is 0 Å². The third kappa shape index (κ3) is 5.98. The third-order valence-corrected chi connectivity index (χ3v) is 3.66. The Balaban J connectivity index is 2.51. The molecule has 0 bridgehead atoms. The molecule has 0 radical (unpaired) electrons. The van der Waals surface area contributed by atoms with Crippen molar-refractivity contribution >= 4 is 15.9 Å². The summed E-state index contributed by atoms with van der Waals surface area (Å²) < 4.78 is 6.78. The Morgan fingerprint density at radius 2 is 2.06 bits per heavy atom. The Kier molecular flexibility index (Phi) is 8.31. The Bertz CT molecular complexity index is 330. The first kappa shape index (κ1) is 15.7. The second-order valence-electron chi connectivity index (χ2n) is 4.53. The summed E-state index contributed by atoms with van der Waals surface area (Å²) in [5.74, 6) is 0.537. The van der Waals surface area contributed by atoms with Crippen molar-refractivity contribution in [2.24, 2.45) is 5.92 Å². The quantitative estimate of drug-likeness (QED) is 0.703. The normalized spacial score (nSPS) is 12.6. The molecule has 0 saturated heterocycles. The molecule has 2 nitrogen and oxygen atoms in total. The number of halogens is 1. The van der Waals surface area contributed by atoms with Crippen LogP contribution in [-0.2, 0) is 11.2 Å². The zero-order valence-corrected chi connectivity index (χ0v) is 13.0. The van der Waals surface area contributed by atoms with Crippen molar-refractivity contribution in [3.63, 3.8) is 0 Å².